The van der Waals surface area contributed by atoms with Gasteiger partial charge in [-0.3, -0.25) is 4.79 Å². The molecule has 1 heterocycles. The number of guanidine groups is 1. The highest BCUT2D eigenvalue weighted by Crippen LogP contribution is 2.31. The molecule has 0 radical (unpaired) electrons. The molecule has 1 aliphatic heterocycles. The molecule has 1 fully saturated rings. The molecule has 4 amide bonds. The first-order valence-corrected chi connectivity index (χ1v) is 12.1. The second kappa shape index (κ2) is 11.3. The highest BCUT2D eigenvalue weighted by molar-refractivity contribution is 6.32. The van der Waals surface area contributed by atoms with Crippen molar-refractivity contribution in [2.45, 2.75) is 33.4 Å². The molecule has 1 aliphatic rings. The van der Waals surface area contributed by atoms with E-state index < -0.39 is 28.4 Å². The number of rotatable bonds is 8. The zero-order valence-corrected chi connectivity index (χ0v) is 22.3. The monoisotopic (exact) mass is 535 g/mol. The number of hydrogen-bond donors (Lipinski definition) is 1. The van der Waals surface area contributed by atoms with E-state index in [0.29, 0.717) is 21.5 Å². The summed E-state index contributed by atoms with van der Waals surface area (Å²) in [4.78, 5) is 44.3. The van der Waals surface area contributed by atoms with Gasteiger partial charge in [-0.05, 0) is 44.2 Å². The van der Waals surface area contributed by atoms with E-state index in [9.17, 15) is 14.4 Å². The fourth-order valence-corrected chi connectivity index (χ4v) is 4.05. The van der Waals surface area contributed by atoms with Gasteiger partial charge in [0.15, 0.2) is 0 Å². The summed E-state index contributed by atoms with van der Waals surface area (Å²) in [6.45, 7) is 5.38. The van der Waals surface area contributed by atoms with Gasteiger partial charge in [-0.25, -0.2) is 19.8 Å². The Morgan fingerprint density at radius 3 is 2.36 bits per heavy atom. The Labute approximate surface area is 220 Å². The number of carbonyl (C=O) groups is 3. The van der Waals surface area contributed by atoms with Gasteiger partial charge < -0.3 is 9.47 Å². The first kappa shape index (κ1) is 27.4. The summed E-state index contributed by atoms with van der Waals surface area (Å²) in [5, 5.41) is 3.63. The number of carbonyl (C=O) groups excluding carboxylic acids is 3. The SMILES string of the molecule is COC(=O)C(C)CN1C(=O)NC(=Nc2ccc(OC(C)C)c(Cl)c2)[N@+](C)(Cc2ccc(Cl)cc2)C1=O. The Balaban J connectivity index is 2.02. The summed E-state index contributed by atoms with van der Waals surface area (Å²) in [5.41, 5.74) is 1.22. The topological polar surface area (TPSA) is 97.3 Å². The van der Waals surface area contributed by atoms with Crippen molar-refractivity contribution in [3.8, 4) is 5.75 Å². The van der Waals surface area contributed by atoms with Gasteiger partial charge in [0, 0.05) is 17.1 Å². The van der Waals surface area contributed by atoms with Crippen LogP contribution in [-0.4, -0.2) is 60.2 Å². The lowest BCUT2D eigenvalue weighted by atomic mass is 10.1. The van der Waals surface area contributed by atoms with Gasteiger partial charge in [0.25, 0.3) is 0 Å². The van der Waals surface area contributed by atoms with Gasteiger partial charge in [0.2, 0.25) is 0 Å². The van der Waals surface area contributed by atoms with Crippen molar-refractivity contribution in [2.75, 3.05) is 20.7 Å². The number of methoxy groups -OCH3 is 1. The van der Waals surface area contributed by atoms with Gasteiger partial charge in [0.1, 0.15) is 12.3 Å². The predicted molar refractivity (Wildman–Crippen MR) is 137 cm³/mol. The Morgan fingerprint density at radius 2 is 1.78 bits per heavy atom. The molecular weight excluding hydrogens is 507 g/mol. The molecule has 0 aliphatic carbocycles. The maximum Gasteiger partial charge on any atom is 0.435 e. The summed E-state index contributed by atoms with van der Waals surface area (Å²) in [6, 6.07) is 10.8. The van der Waals surface area contributed by atoms with Crippen LogP contribution in [0.2, 0.25) is 10.0 Å². The van der Waals surface area contributed by atoms with E-state index in [1.807, 2.05) is 13.8 Å². The van der Waals surface area contributed by atoms with Crippen molar-refractivity contribution in [1.29, 1.82) is 0 Å². The number of imide groups is 1. The van der Waals surface area contributed by atoms with Crippen molar-refractivity contribution in [2.24, 2.45) is 10.9 Å². The maximum absolute atomic E-state index is 13.8. The standard InChI is InChI=1S/C25H28Cl2N4O5/c1-15(2)36-21-11-10-19(12-20(21)27)28-23-29-24(33)30(13-16(3)22(32)35-5)25(34)31(23,4)14-17-6-8-18(26)9-7-17/h6-12,15-16H,13-14H2,1-5H3/p+1/t16?,31-/m0/s1. The Morgan fingerprint density at radius 1 is 1.11 bits per heavy atom. The number of quaternary nitrogens is 1. The van der Waals surface area contributed by atoms with E-state index in [1.165, 1.54) is 7.11 Å². The van der Waals surface area contributed by atoms with E-state index in [4.69, 9.17) is 32.7 Å². The number of urea groups is 2. The summed E-state index contributed by atoms with van der Waals surface area (Å²) in [5.74, 6) is -0.629. The summed E-state index contributed by atoms with van der Waals surface area (Å²) in [6.07, 6.45) is -0.0624. The van der Waals surface area contributed by atoms with Crippen LogP contribution in [0.25, 0.3) is 0 Å². The first-order chi connectivity index (χ1) is 16.9. The molecule has 192 valence electrons. The van der Waals surface area contributed by atoms with E-state index >= 15 is 0 Å². The van der Waals surface area contributed by atoms with Crippen LogP contribution in [0.4, 0.5) is 15.3 Å². The molecule has 0 spiro atoms. The van der Waals surface area contributed by atoms with Crippen molar-refractivity contribution >= 4 is 52.9 Å². The number of ether oxygens (including phenoxy) is 2. The molecule has 0 aromatic heterocycles. The number of esters is 1. The highest BCUT2D eigenvalue weighted by Gasteiger charge is 2.51. The molecule has 2 atom stereocenters. The third-order valence-electron chi connectivity index (χ3n) is 5.57. The van der Waals surface area contributed by atoms with Gasteiger partial charge >= 0.3 is 24.0 Å². The number of amides is 4. The molecule has 36 heavy (non-hydrogen) atoms. The largest absolute Gasteiger partial charge is 0.489 e. The average molecular weight is 536 g/mol. The molecule has 2 aromatic carbocycles. The molecular formula is C25H29Cl2N4O5+. The van der Waals surface area contributed by atoms with Crippen LogP contribution < -0.4 is 10.1 Å². The Bertz CT molecular complexity index is 1190. The molecule has 1 saturated heterocycles. The lowest BCUT2D eigenvalue weighted by Crippen LogP contribution is -2.71. The molecule has 11 heteroatoms. The molecule has 1 N–H and O–H groups in total. The Kier molecular flexibility index (Phi) is 8.60. The smallest absolute Gasteiger partial charge is 0.435 e. The van der Waals surface area contributed by atoms with E-state index in [1.54, 1.807) is 56.4 Å². The van der Waals surface area contributed by atoms with E-state index in [-0.39, 0.29) is 25.2 Å². The van der Waals surface area contributed by atoms with Gasteiger partial charge in [-0.1, -0.05) is 42.3 Å². The molecule has 0 bridgehead atoms. The van der Waals surface area contributed by atoms with Crippen molar-refractivity contribution in [1.82, 2.24) is 10.2 Å². The first-order valence-electron chi connectivity index (χ1n) is 11.3. The summed E-state index contributed by atoms with van der Waals surface area (Å²) in [7, 11) is 2.90. The lowest BCUT2D eigenvalue weighted by molar-refractivity contribution is -0.758. The zero-order valence-electron chi connectivity index (χ0n) is 20.7. The van der Waals surface area contributed by atoms with Crippen LogP contribution in [0, 0.1) is 5.92 Å². The van der Waals surface area contributed by atoms with Crippen LogP contribution in [0.3, 0.4) is 0 Å². The minimum atomic E-state index is -0.709. The average Bonchev–Trinajstić information content (AvgIpc) is 2.82. The third kappa shape index (κ3) is 6.16. The van der Waals surface area contributed by atoms with Gasteiger partial charge in [0.05, 0.1) is 36.9 Å². The second-order valence-corrected chi connectivity index (χ2v) is 9.78. The highest BCUT2D eigenvalue weighted by atomic mass is 35.5. The number of benzene rings is 2. The number of hydrogen-bond acceptors (Lipinski definition) is 6. The van der Waals surface area contributed by atoms with E-state index in [0.717, 1.165) is 10.5 Å². The quantitative estimate of drug-likeness (QED) is 0.362. The fraction of sp³-hybridized carbons (Fsp3) is 0.360. The van der Waals surface area contributed by atoms with Crippen molar-refractivity contribution < 1.29 is 28.3 Å². The number of aliphatic imine (C=N–C) groups is 1. The van der Waals surface area contributed by atoms with Crippen LogP contribution in [-0.2, 0) is 16.1 Å². The van der Waals surface area contributed by atoms with Crippen LogP contribution in [0.15, 0.2) is 47.5 Å². The number of halogens is 2. The van der Waals surface area contributed by atoms with E-state index in [2.05, 4.69) is 10.3 Å². The van der Waals surface area contributed by atoms with Crippen LogP contribution in [0.5, 0.6) is 5.75 Å². The predicted octanol–water partition coefficient (Wildman–Crippen LogP) is 5.37. The molecule has 3 rings (SSSR count). The molecule has 1 unspecified atom stereocenters. The minimum absolute atomic E-state index is 0.0624. The number of nitrogens with zero attached hydrogens (tertiary/aromatic N) is 3. The number of nitrogens with one attached hydrogen (secondary N) is 1. The molecule has 2 aromatic rings. The molecule has 9 nitrogen and oxygen atoms in total. The third-order valence-corrected chi connectivity index (χ3v) is 6.12. The van der Waals surface area contributed by atoms with Gasteiger partial charge in [-0.15, -0.1) is 0 Å². The lowest BCUT2D eigenvalue weighted by Gasteiger charge is -2.39. The summed E-state index contributed by atoms with van der Waals surface area (Å²) >= 11 is 12.4. The summed E-state index contributed by atoms with van der Waals surface area (Å²) < 4.78 is 10.0. The minimum Gasteiger partial charge on any atom is -0.489 e. The fourth-order valence-electron chi connectivity index (χ4n) is 3.71. The van der Waals surface area contributed by atoms with Crippen molar-refractivity contribution in [3.05, 3.63) is 58.1 Å². The second-order valence-electron chi connectivity index (χ2n) is 8.94. The van der Waals surface area contributed by atoms with Crippen molar-refractivity contribution in [3.63, 3.8) is 0 Å². The van der Waals surface area contributed by atoms with Crippen LogP contribution >= 0.6 is 23.2 Å². The maximum atomic E-state index is 13.8. The van der Waals surface area contributed by atoms with Crippen LogP contribution in [0.1, 0.15) is 26.3 Å². The van der Waals surface area contributed by atoms with Gasteiger partial charge in [-0.2, -0.15) is 9.48 Å². The Hall–Kier alpha value is -3.14. The zero-order chi connectivity index (χ0) is 26.6. The molecule has 0 saturated carbocycles. The normalized spacial score (nSPS) is 19.9.